The summed E-state index contributed by atoms with van der Waals surface area (Å²) in [5.41, 5.74) is 2.71. The minimum Gasteiger partial charge on any atom is -0.351 e. The van der Waals surface area contributed by atoms with E-state index >= 15 is 0 Å². The van der Waals surface area contributed by atoms with Crippen LogP contribution in [0.15, 0.2) is 53.4 Å². The molecule has 1 fully saturated rings. The van der Waals surface area contributed by atoms with Crippen LogP contribution in [0.25, 0.3) is 0 Å². The number of amides is 2. The van der Waals surface area contributed by atoms with Gasteiger partial charge in [0.2, 0.25) is 5.91 Å². The molecule has 2 aliphatic rings. The fraction of sp³-hybridized carbons (Fsp3) is 0.300. The van der Waals surface area contributed by atoms with Gasteiger partial charge in [0, 0.05) is 34.6 Å². The fourth-order valence-corrected chi connectivity index (χ4v) is 4.16. The zero-order chi connectivity index (χ0) is 17.3. The number of anilines is 1. The summed E-state index contributed by atoms with van der Waals surface area (Å²) in [6.07, 6.45) is 2.71. The van der Waals surface area contributed by atoms with Crippen molar-refractivity contribution in [2.75, 3.05) is 17.6 Å². The molecule has 1 aliphatic carbocycles. The number of carbonyl (C=O) groups is 2. The Morgan fingerprint density at radius 2 is 1.96 bits per heavy atom. The normalized spacial score (nSPS) is 17.8. The number of hydrogen-bond donors (Lipinski definition) is 2. The number of carbonyl (C=O) groups excluding carboxylic acids is 2. The molecular formula is C20H20N2O2S. The summed E-state index contributed by atoms with van der Waals surface area (Å²) in [6, 6.07) is 15.9. The van der Waals surface area contributed by atoms with E-state index in [9.17, 15) is 9.59 Å². The summed E-state index contributed by atoms with van der Waals surface area (Å²) >= 11 is 1.64. The van der Waals surface area contributed by atoms with Crippen molar-refractivity contribution >= 4 is 29.3 Å². The summed E-state index contributed by atoms with van der Waals surface area (Å²) in [6.45, 7) is 0.647. The molecule has 0 atom stereocenters. The standard InChI is InChI=1S/C20H20N2O2S/c23-18-8-11-25-17-7-6-14(12-16(17)22-18)19(24)21-13-20(9-10-20)15-4-2-1-3-5-15/h1-7,12H,8-11,13H2,(H,21,24)(H,22,23). The zero-order valence-corrected chi connectivity index (χ0v) is 14.7. The Labute approximate surface area is 151 Å². The Morgan fingerprint density at radius 3 is 2.72 bits per heavy atom. The molecule has 5 heteroatoms. The number of benzene rings is 2. The molecule has 25 heavy (non-hydrogen) atoms. The quantitative estimate of drug-likeness (QED) is 0.884. The van der Waals surface area contributed by atoms with Crippen LogP contribution in [0.2, 0.25) is 0 Å². The number of hydrogen-bond acceptors (Lipinski definition) is 3. The molecule has 4 rings (SSSR count). The number of thioether (sulfide) groups is 1. The Balaban J connectivity index is 1.46. The summed E-state index contributed by atoms with van der Waals surface area (Å²) < 4.78 is 0. The van der Waals surface area contributed by atoms with Crippen LogP contribution in [0.1, 0.15) is 35.2 Å². The first kappa shape index (κ1) is 16.2. The third-order valence-corrected chi connectivity index (χ3v) is 6.00. The average molecular weight is 352 g/mol. The third-order valence-electron chi connectivity index (χ3n) is 4.93. The molecule has 2 aromatic rings. The molecule has 0 spiro atoms. The van der Waals surface area contributed by atoms with Gasteiger partial charge in [0.25, 0.3) is 5.91 Å². The molecule has 0 bridgehead atoms. The monoisotopic (exact) mass is 352 g/mol. The average Bonchev–Trinajstić information content (AvgIpc) is 3.44. The molecule has 0 radical (unpaired) electrons. The van der Waals surface area contributed by atoms with E-state index in [0.29, 0.717) is 18.5 Å². The number of rotatable bonds is 4. The molecule has 2 aromatic carbocycles. The molecule has 0 saturated heterocycles. The highest BCUT2D eigenvalue weighted by Gasteiger charge is 2.44. The van der Waals surface area contributed by atoms with Crippen molar-refractivity contribution in [2.24, 2.45) is 0 Å². The minimum atomic E-state index is -0.0893. The smallest absolute Gasteiger partial charge is 0.251 e. The maximum absolute atomic E-state index is 12.6. The van der Waals surface area contributed by atoms with E-state index in [4.69, 9.17) is 0 Å². The van der Waals surface area contributed by atoms with Crippen LogP contribution in [0, 0.1) is 0 Å². The minimum absolute atomic E-state index is 0.00446. The van der Waals surface area contributed by atoms with E-state index in [1.807, 2.05) is 30.3 Å². The predicted octanol–water partition coefficient (Wildman–Crippen LogP) is 3.58. The molecular weight excluding hydrogens is 332 g/mol. The first-order chi connectivity index (χ1) is 12.2. The van der Waals surface area contributed by atoms with Crippen molar-refractivity contribution in [3.8, 4) is 0 Å². The lowest BCUT2D eigenvalue weighted by atomic mass is 9.96. The molecule has 4 nitrogen and oxygen atoms in total. The van der Waals surface area contributed by atoms with E-state index in [1.54, 1.807) is 17.8 Å². The van der Waals surface area contributed by atoms with E-state index < -0.39 is 0 Å². The van der Waals surface area contributed by atoms with Crippen molar-refractivity contribution in [3.05, 3.63) is 59.7 Å². The third kappa shape index (κ3) is 3.42. The van der Waals surface area contributed by atoms with Crippen LogP contribution < -0.4 is 10.6 Å². The second-order valence-corrected chi connectivity index (χ2v) is 7.82. The number of fused-ring (bicyclic) bond motifs is 1. The molecule has 2 N–H and O–H groups in total. The SMILES string of the molecule is O=C1CCSc2ccc(C(=O)NCC3(c4ccccc4)CC3)cc2N1. The number of nitrogens with one attached hydrogen (secondary N) is 2. The highest BCUT2D eigenvalue weighted by atomic mass is 32.2. The van der Waals surface area contributed by atoms with Crippen molar-refractivity contribution in [3.63, 3.8) is 0 Å². The van der Waals surface area contributed by atoms with Crippen LogP contribution in [-0.2, 0) is 10.2 Å². The second-order valence-electron chi connectivity index (χ2n) is 6.69. The van der Waals surface area contributed by atoms with Gasteiger partial charge >= 0.3 is 0 Å². The van der Waals surface area contributed by atoms with Gasteiger partial charge in [0.1, 0.15) is 0 Å². The van der Waals surface area contributed by atoms with Crippen LogP contribution in [0.5, 0.6) is 0 Å². The van der Waals surface area contributed by atoms with Crippen LogP contribution in [0.4, 0.5) is 5.69 Å². The molecule has 1 saturated carbocycles. The lowest BCUT2D eigenvalue weighted by Gasteiger charge is -2.17. The van der Waals surface area contributed by atoms with Crippen LogP contribution in [0.3, 0.4) is 0 Å². The summed E-state index contributed by atoms with van der Waals surface area (Å²) in [5, 5.41) is 5.96. The summed E-state index contributed by atoms with van der Waals surface area (Å²) in [4.78, 5) is 25.3. The van der Waals surface area contributed by atoms with Gasteiger partial charge in [-0.2, -0.15) is 0 Å². The van der Waals surface area contributed by atoms with Crippen molar-refractivity contribution in [1.29, 1.82) is 0 Å². The fourth-order valence-electron chi connectivity index (χ4n) is 3.22. The van der Waals surface area contributed by atoms with Crippen LogP contribution >= 0.6 is 11.8 Å². The van der Waals surface area contributed by atoms with Crippen molar-refractivity contribution < 1.29 is 9.59 Å². The van der Waals surface area contributed by atoms with E-state index in [-0.39, 0.29) is 17.2 Å². The summed E-state index contributed by atoms with van der Waals surface area (Å²) in [7, 11) is 0. The Bertz CT molecular complexity index is 816. The Morgan fingerprint density at radius 1 is 1.16 bits per heavy atom. The van der Waals surface area contributed by atoms with Crippen molar-refractivity contribution in [1.82, 2.24) is 5.32 Å². The first-order valence-electron chi connectivity index (χ1n) is 8.57. The molecule has 128 valence electrons. The van der Waals surface area contributed by atoms with E-state index in [0.717, 1.165) is 29.2 Å². The lowest BCUT2D eigenvalue weighted by molar-refractivity contribution is -0.115. The van der Waals surface area contributed by atoms with E-state index in [2.05, 4.69) is 22.8 Å². The van der Waals surface area contributed by atoms with Gasteiger partial charge in [-0.05, 0) is 36.6 Å². The van der Waals surface area contributed by atoms with Gasteiger partial charge in [0.05, 0.1) is 5.69 Å². The van der Waals surface area contributed by atoms with Gasteiger partial charge in [-0.15, -0.1) is 11.8 Å². The Kier molecular flexibility index (Phi) is 4.25. The largest absolute Gasteiger partial charge is 0.351 e. The highest BCUT2D eigenvalue weighted by Crippen LogP contribution is 2.47. The first-order valence-corrected chi connectivity index (χ1v) is 9.55. The predicted molar refractivity (Wildman–Crippen MR) is 100 cm³/mol. The summed E-state index contributed by atoms with van der Waals surface area (Å²) in [5.74, 6) is 0.683. The highest BCUT2D eigenvalue weighted by molar-refractivity contribution is 7.99. The van der Waals surface area contributed by atoms with Gasteiger partial charge < -0.3 is 10.6 Å². The van der Waals surface area contributed by atoms with Gasteiger partial charge in [-0.3, -0.25) is 9.59 Å². The van der Waals surface area contributed by atoms with Gasteiger partial charge in [-0.1, -0.05) is 30.3 Å². The zero-order valence-electron chi connectivity index (χ0n) is 13.9. The van der Waals surface area contributed by atoms with E-state index in [1.165, 1.54) is 5.56 Å². The van der Waals surface area contributed by atoms with Gasteiger partial charge in [0.15, 0.2) is 0 Å². The Hall–Kier alpha value is -2.27. The molecule has 1 aliphatic heterocycles. The molecule has 0 aromatic heterocycles. The second kappa shape index (κ2) is 6.56. The topological polar surface area (TPSA) is 58.2 Å². The van der Waals surface area contributed by atoms with Crippen LogP contribution in [-0.4, -0.2) is 24.1 Å². The lowest BCUT2D eigenvalue weighted by Crippen LogP contribution is -2.32. The molecule has 0 unspecified atom stereocenters. The molecule has 1 heterocycles. The maximum Gasteiger partial charge on any atom is 0.251 e. The molecule has 2 amide bonds. The van der Waals surface area contributed by atoms with Crippen molar-refractivity contribution in [2.45, 2.75) is 29.6 Å². The van der Waals surface area contributed by atoms with Gasteiger partial charge in [-0.25, -0.2) is 0 Å². The maximum atomic E-state index is 12.6.